The molecule has 0 aromatic heterocycles. The van der Waals surface area contributed by atoms with Gasteiger partial charge >= 0.3 is 5.97 Å². The molecule has 2 aromatic rings. The first-order valence-corrected chi connectivity index (χ1v) is 8.48. The van der Waals surface area contributed by atoms with Crippen LogP contribution in [0.15, 0.2) is 36.4 Å². The number of halogens is 1. The Balaban J connectivity index is 2.04. The summed E-state index contributed by atoms with van der Waals surface area (Å²) >= 11 is 6.11. The van der Waals surface area contributed by atoms with E-state index in [0.29, 0.717) is 11.3 Å². The first-order chi connectivity index (χ1) is 12.0. The molecule has 1 aliphatic heterocycles. The largest absolute Gasteiger partial charge is 0.479 e. The molecule has 0 saturated carbocycles. The first kappa shape index (κ1) is 17.9. The maximum Gasteiger partial charge on any atom is 0.331 e. The van der Waals surface area contributed by atoms with Gasteiger partial charge in [-0.2, -0.15) is 0 Å². The second-order valence-electron chi connectivity index (χ2n) is 5.39. The van der Waals surface area contributed by atoms with E-state index in [-0.39, 0.29) is 22.9 Å². The lowest BCUT2D eigenvalue weighted by Gasteiger charge is -2.23. The fourth-order valence-corrected chi connectivity index (χ4v) is 3.56. The van der Waals surface area contributed by atoms with Crippen molar-refractivity contribution in [2.24, 2.45) is 0 Å². The third-order valence-electron chi connectivity index (χ3n) is 4.02. The van der Waals surface area contributed by atoms with Crippen LogP contribution < -0.4 is 9.05 Å². The fraction of sp³-hybridized carbons (Fsp3) is 0.125. The number of carboxylic acid groups (broad SMARTS) is 1. The van der Waals surface area contributed by atoms with Gasteiger partial charge in [-0.3, -0.25) is 4.79 Å². The number of amides is 1. The lowest BCUT2D eigenvalue weighted by atomic mass is 10.0. The zero-order valence-corrected chi connectivity index (χ0v) is 15.9. The Labute approximate surface area is 153 Å². The Hall–Kier alpha value is -1.87. The molecule has 0 radical (unpaired) electrons. The molecule has 0 aliphatic carbocycles. The third kappa shape index (κ3) is 3.18. The molecule has 1 aliphatic rings. The fourth-order valence-electron chi connectivity index (χ4n) is 2.89. The average Bonchev–Trinajstić information content (AvgIpc) is 3.00. The number of carboxylic acids is 1. The molecule has 25 heavy (non-hydrogen) atoms. The SMILES string of the molecule is O=C(O)C1c2ccccc2CN1C(=O)c1cc(Cl)c(OP)cc1OP. The molecule has 1 amide bonds. The van der Waals surface area contributed by atoms with E-state index in [1.807, 2.05) is 12.1 Å². The van der Waals surface area contributed by atoms with Crippen molar-refractivity contribution in [2.45, 2.75) is 12.6 Å². The highest BCUT2D eigenvalue weighted by atomic mass is 35.5. The van der Waals surface area contributed by atoms with Crippen molar-refractivity contribution in [2.75, 3.05) is 0 Å². The molecular weight excluding hydrogens is 384 g/mol. The highest BCUT2D eigenvalue weighted by Crippen LogP contribution is 2.39. The predicted octanol–water partition coefficient (Wildman–Crippen LogP) is 3.46. The van der Waals surface area contributed by atoms with E-state index in [1.54, 1.807) is 12.1 Å². The Morgan fingerprint density at radius 2 is 1.84 bits per heavy atom. The van der Waals surface area contributed by atoms with E-state index in [4.69, 9.17) is 20.6 Å². The molecule has 0 saturated heterocycles. The summed E-state index contributed by atoms with van der Waals surface area (Å²) in [6, 6.07) is 8.90. The van der Waals surface area contributed by atoms with Crippen molar-refractivity contribution in [1.82, 2.24) is 4.90 Å². The second kappa shape index (κ2) is 7.17. The maximum atomic E-state index is 13.0. The summed E-state index contributed by atoms with van der Waals surface area (Å²) < 4.78 is 10.2. The first-order valence-electron chi connectivity index (χ1n) is 7.16. The lowest BCUT2D eigenvalue weighted by molar-refractivity contribution is -0.142. The zero-order valence-electron chi connectivity index (χ0n) is 12.8. The lowest BCUT2D eigenvalue weighted by Crippen LogP contribution is -2.34. The van der Waals surface area contributed by atoms with Crippen molar-refractivity contribution >= 4 is 42.4 Å². The number of rotatable bonds is 4. The van der Waals surface area contributed by atoms with Gasteiger partial charge in [-0.05, 0) is 17.2 Å². The third-order valence-corrected chi connectivity index (χ3v) is 4.82. The van der Waals surface area contributed by atoms with Gasteiger partial charge in [-0.1, -0.05) is 35.9 Å². The van der Waals surface area contributed by atoms with Gasteiger partial charge in [0.15, 0.2) is 6.04 Å². The minimum atomic E-state index is -1.09. The number of carbonyl (C=O) groups excluding carboxylic acids is 1. The van der Waals surface area contributed by atoms with Crippen LogP contribution >= 0.6 is 30.5 Å². The second-order valence-corrected chi connectivity index (χ2v) is 6.27. The van der Waals surface area contributed by atoms with Crippen molar-refractivity contribution < 1.29 is 23.7 Å². The number of benzene rings is 2. The molecule has 0 spiro atoms. The summed E-state index contributed by atoms with van der Waals surface area (Å²) in [7, 11) is 4.12. The maximum absolute atomic E-state index is 13.0. The molecule has 130 valence electrons. The van der Waals surface area contributed by atoms with Crippen molar-refractivity contribution in [3.63, 3.8) is 0 Å². The van der Waals surface area contributed by atoms with E-state index in [1.165, 1.54) is 17.0 Å². The van der Waals surface area contributed by atoms with Crippen LogP contribution in [-0.4, -0.2) is 21.9 Å². The van der Waals surface area contributed by atoms with Crippen LogP contribution in [0.25, 0.3) is 0 Å². The summed E-state index contributed by atoms with van der Waals surface area (Å²) in [6.45, 7) is 0.196. The van der Waals surface area contributed by atoms with Crippen LogP contribution in [-0.2, 0) is 11.3 Å². The number of aliphatic carboxylic acids is 1. The molecule has 3 atom stereocenters. The Kier molecular flexibility index (Phi) is 5.14. The van der Waals surface area contributed by atoms with E-state index in [2.05, 4.69) is 18.9 Å². The molecule has 3 rings (SSSR count). The standard InChI is InChI=1S/C16H14ClNO5P2/c17-11-5-10(12(22-24)6-13(11)23-25)15(19)18-7-8-3-1-2-4-9(8)14(18)16(20)21/h1-6,14H,7,24-25H2,(H,20,21). The molecule has 6 nitrogen and oxygen atoms in total. The smallest absolute Gasteiger partial charge is 0.331 e. The topological polar surface area (TPSA) is 76.1 Å². The molecule has 9 heteroatoms. The van der Waals surface area contributed by atoms with E-state index in [0.717, 1.165) is 5.56 Å². The van der Waals surface area contributed by atoms with Crippen LogP contribution in [0, 0.1) is 0 Å². The van der Waals surface area contributed by atoms with Gasteiger partial charge in [0, 0.05) is 12.6 Å². The quantitative estimate of drug-likeness (QED) is 0.800. The number of carbonyl (C=O) groups is 2. The summed E-state index contributed by atoms with van der Waals surface area (Å²) in [5.41, 5.74) is 1.56. The summed E-state index contributed by atoms with van der Waals surface area (Å²) in [6.07, 6.45) is 0. The number of fused-ring (bicyclic) bond motifs is 1. The van der Waals surface area contributed by atoms with Gasteiger partial charge in [-0.25, -0.2) is 4.79 Å². The summed E-state index contributed by atoms with van der Waals surface area (Å²) in [4.78, 5) is 26.1. The zero-order chi connectivity index (χ0) is 18.1. The number of nitrogens with zero attached hydrogens (tertiary/aromatic N) is 1. The van der Waals surface area contributed by atoms with E-state index < -0.39 is 17.9 Å². The van der Waals surface area contributed by atoms with E-state index in [9.17, 15) is 14.7 Å². The van der Waals surface area contributed by atoms with Gasteiger partial charge in [0.1, 0.15) is 11.5 Å². The molecular formula is C16H14ClNO5P2. The predicted molar refractivity (Wildman–Crippen MR) is 98.8 cm³/mol. The van der Waals surface area contributed by atoms with Crippen molar-refractivity contribution in [1.29, 1.82) is 0 Å². The van der Waals surface area contributed by atoms with Crippen LogP contribution in [0.5, 0.6) is 11.5 Å². The number of hydrogen-bond donors (Lipinski definition) is 1. The molecule has 1 N–H and O–H groups in total. The Bertz CT molecular complexity index is 860. The van der Waals surface area contributed by atoms with Crippen LogP contribution in [0.3, 0.4) is 0 Å². The average molecular weight is 398 g/mol. The Morgan fingerprint density at radius 3 is 2.48 bits per heavy atom. The van der Waals surface area contributed by atoms with Gasteiger partial charge in [0.2, 0.25) is 0 Å². The highest BCUT2D eigenvalue weighted by Gasteiger charge is 2.39. The van der Waals surface area contributed by atoms with Crippen LogP contribution in [0.2, 0.25) is 5.02 Å². The molecule has 1 heterocycles. The monoisotopic (exact) mass is 397 g/mol. The van der Waals surface area contributed by atoms with Gasteiger partial charge < -0.3 is 19.1 Å². The number of hydrogen-bond acceptors (Lipinski definition) is 4. The van der Waals surface area contributed by atoms with Crippen LogP contribution in [0.1, 0.15) is 27.5 Å². The molecule has 0 fully saturated rings. The normalized spacial score (nSPS) is 15.6. The molecule has 3 unspecified atom stereocenters. The van der Waals surface area contributed by atoms with Crippen molar-refractivity contribution in [3.05, 3.63) is 58.1 Å². The van der Waals surface area contributed by atoms with Crippen molar-refractivity contribution in [3.8, 4) is 11.5 Å². The minimum absolute atomic E-state index is 0.157. The summed E-state index contributed by atoms with van der Waals surface area (Å²) in [5.74, 6) is -1.04. The van der Waals surface area contributed by atoms with Gasteiger partial charge in [0.05, 0.1) is 29.5 Å². The molecule has 2 aromatic carbocycles. The highest BCUT2D eigenvalue weighted by molar-refractivity contribution is 7.10. The molecule has 0 bridgehead atoms. The Morgan fingerprint density at radius 1 is 1.16 bits per heavy atom. The summed E-state index contributed by atoms with van der Waals surface area (Å²) in [5, 5.41) is 9.83. The van der Waals surface area contributed by atoms with Crippen LogP contribution in [0.4, 0.5) is 0 Å². The van der Waals surface area contributed by atoms with Gasteiger partial charge in [-0.15, -0.1) is 0 Å². The van der Waals surface area contributed by atoms with Gasteiger partial charge in [0.25, 0.3) is 5.91 Å². The minimum Gasteiger partial charge on any atom is -0.479 e. The van der Waals surface area contributed by atoms with E-state index >= 15 is 0 Å².